The molecule has 0 radical (unpaired) electrons. The average molecular weight is 300 g/mol. The fourth-order valence-corrected chi connectivity index (χ4v) is 3.71. The number of aliphatic hydroxyl groups excluding tert-OH is 2. The highest BCUT2D eigenvalue weighted by molar-refractivity contribution is 8.00. The molecule has 1 aliphatic heterocycles. The lowest BCUT2D eigenvalue weighted by Crippen LogP contribution is -2.33. The zero-order valence-electron chi connectivity index (χ0n) is 11.6. The zero-order chi connectivity index (χ0) is 14.9. The van der Waals surface area contributed by atoms with Crippen molar-refractivity contribution in [2.45, 2.75) is 49.3 Å². The van der Waals surface area contributed by atoms with E-state index in [1.165, 1.54) is 16.3 Å². The molecule has 3 N–H and O–H groups in total. The minimum atomic E-state index is -0.638. The van der Waals surface area contributed by atoms with Gasteiger partial charge in [-0.1, -0.05) is 13.8 Å². The summed E-state index contributed by atoms with van der Waals surface area (Å²) in [6.45, 7) is 3.79. The highest BCUT2D eigenvalue weighted by atomic mass is 32.2. The van der Waals surface area contributed by atoms with E-state index in [1.807, 2.05) is 13.8 Å². The standard InChI is InChI=1S/C13H20N2O4S/c1-3-7(2)8-5-15(13(19)14-12(8)18)11-4-9(17)10(6-16)20-11/h5,7,9-11,16-17H,3-4,6H2,1-2H3,(H,14,18,19)/t7?,9-,10+,11+/m0/s1. The number of aliphatic hydroxyl groups is 2. The molecule has 0 aromatic carbocycles. The Kier molecular flexibility index (Phi) is 4.72. The summed E-state index contributed by atoms with van der Waals surface area (Å²) < 4.78 is 1.46. The van der Waals surface area contributed by atoms with Gasteiger partial charge in [0, 0.05) is 18.2 Å². The number of nitrogens with zero attached hydrogens (tertiary/aromatic N) is 1. The van der Waals surface area contributed by atoms with Crippen molar-refractivity contribution in [2.75, 3.05) is 6.61 Å². The van der Waals surface area contributed by atoms with Crippen LogP contribution in [0.3, 0.4) is 0 Å². The maximum atomic E-state index is 11.9. The first-order valence-corrected chi connectivity index (χ1v) is 7.72. The molecule has 1 saturated heterocycles. The smallest absolute Gasteiger partial charge is 0.329 e. The van der Waals surface area contributed by atoms with Crippen molar-refractivity contribution < 1.29 is 10.2 Å². The number of aromatic amines is 1. The number of aromatic nitrogens is 2. The van der Waals surface area contributed by atoms with Gasteiger partial charge in [0.1, 0.15) is 0 Å². The Morgan fingerprint density at radius 1 is 1.55 bits per heavy atom. The number of H-pyrrole nitrogens is 1. The average Bonchev–Trinajstić information content (AvgIpc) is 2.79. The van der Waals surface area contributed by atoms with Crippen LogP contribution in [0.4, 0.5) is 0 Å². The molecular weight excluding hydrogens is 280 g/mol. The van der Waals surface area contributed by atoms with Crippen molar-refractivity contribution in [3.63, 3.8) is 0 Å². The van der Waals surface area contributed by atoms with E-state index >= 15 is 0 Å². The largest absolute Gasteiger partial charge is 0.395 e. The van der Waals surface area contributed by atoms with Gasteiger partial charge in [-0.3, -0.25) is 14.3 Å². The molecule has 4 atom stereocenters. The third-order valence-corrected chi connectivity index (χ3v) is 5.38. The van der Waals surface area contributed by atoms with Gasteiger partial charge in [-0.15, -0.1) is 11.8 Å². The van der Waals surface area contributed by atoms with Crippen molar-refractivity contribution in [3.05, 3.63) is 32.6 Å². The second kappa shape index (κ2) is 6.15. The summed E-state index contributed by atoms with van der Waals surface area (Å²) in [7, 11) is 0. The third kappa shape index (κ3) is 2.84. The van der Waals surface area contributed by atoms with Crippen molar-refractivity contribution in [3.8, 4) is 0 Å². The molecule has 112 valence electrons. The van der Waals surface area contributed by atoms with Crippen LogP contribution in [-0.4, -0.2) is 37.7 Å². The van der Waals surface area contributed by atoms with E-state index in [9.17, 15) is 14.7 Å². The zero-order valence-corrected chi connectivity index (χ0v) is 12.4. The van der Waals surface area contributed by atoms with E-state index in [4.69, 9.17) is 5.11 Å². The molecule has 20 heavy (non-hydrogen) atoms. The molecule has 0 aliphatic carbocycles. The number of rotatable bonds is 4. The Morgan fingerprint density at radius 2 is 2.25 bits per heavy atom. The first-order valence-electron chi connectivity index (χ1n) is 6.77. The van der Waals surface area contributed by atoms with Gasteiger partial charge in [0.25, 0.3) is 5.56 Å². The first kappa shape index (κ1) is 15.3. The number of nitrogens with one attached hydrogen (secondary N) is 1. The van der Waals surface area contributed by atoms with Gasteiger partial charge in [-0.2, -0.15) is 0 Å². The molecule has 1 aromatic heterocycles. The van der Waals surface area contributed by atoms with E-state index in [1.54, 1.807) is 6.20 Å². The molecule has 2 rings (SSSR count). The van der Waals surface area contributed by atoms with Crippen molar-refractivity contribution in [2.24, 2.45) is 0 Å². The van der Waals surface area contributed by atoms with Gasteiger partial charge in [0.2, 0.25) is 0 Å². The molecule has 0 saturated carbocycles. The topological polar surface area (TPSA) is 95.3 Å². The van der Waals surface area contributed by atoms with E-state index < -0.39 is 11.8 Å². The maximum absolute atomic E-state index is 11.9. The second-order valence-electron chi connectivity index (χ2n) is 5.18. The highest BCUT2D eigenvalue weighted by Crippen LogP contribution is 2.40. The maximum Gasteiger partial charge on any atom is 0.329 e. The van der Waals surface area contributed by atoms with Crippen LogP contribution in [0.15, 0.2) is 15.8 Å². The van der Waals surface area contributed by atoms with Crippen molar-refractivity contribution >= 4 is 11.8 Å². The lowest BCUT2D eigenvalue weighted by molar-refractivity contribution is 0.137. The van der Waals surface area contributed by atoms with Crippen LogP contribution in [0.1, 0.15) is 43.5 Å². The SMILES string of the molecule is CCC(C)c1cn([C@H]2C[C@H](O)[C@@H](CO)S2)c(=O)[nH]c1=O. The van der Waals surface area contributed by atoms with E-state index in [-0.39, 0.29) is 28.7 Å². The summed E-state index contributed by atoms with van der Waals surface area (Å²) in [6.07, 6.45) is 2.16. The summed E-state index contributed by atoms with van der Waals surface area (Å²) in [4.78, 5) is 26.1. The molecule has 1 unspecified atom stereocenters. The predicted molar refractivity (Wildman–Crippen MR) is 78.2 cm³/mol. The van der Waals surface area contributed by atoms with Crippen LogP contribution in [0.5, 0.6) is 0 Å². The summed E-state index contributed by atoms with van der Waals surface area (Å²) in [5.41, 5.74) is -0.233. The summed E-state index contributed by atoms with van der Waals surface area (Å²) >= 11 is 1.36. The molecule has 0 amide bonds. The van der Waals surface area contributed by atoms with E-state index in [0.717, 1.165) is 6.42 Å². The minimum absolute atomic E-state index is 0.0653. The fourth-order valence-electron chi connectivity index (χ4n) is 2.34. The molecule has 1 aromatic rings. The molecular formula is C13H20N2O4S. The predicted octanol–water partition coefficient (Wildman–Crippen LogP) is 0.407. The van der Waals surface area contributed by atoms with Gasteiger partial charge in [-0.05, 0) is 12.3 Å². The number of thioether (sulfide) groups is 1. The van der Waals surface area contributed by atoms with Crippen LogP contribution in [0.2, 0.25) is 0 Å². The molecule has 0 bridgehead atoms. The summed E-state index contributed by atoms with van der Waals surface area (Å²) in [5.74, 6) is 0.0653. The Bertz CT molecular complexity index is 582. The number of hydrogen-bond acceptors (Lipinski definition) is 5. The quantitative estimate of drug-likeness (QED) is 0.748. The molecule has 0 spiro atoms. The van der Waals surface area contributed by atoms with Crippen molar-refractivity contribution in [1.82, 2.24) is 9.55 Å². The lowest BCUT2D eigenvalue weighted by atomic mass is 10.0. The Labute approximate surface area is 120 Å². The van der Waals surface area contributed by atoms with Gasteiger partial charge >= 0.3 is 5.69 Å². The highest BCUT2D eigenvalue weighted by Gasteiger charge is 2.35. The number of hydrogen-bond donors (Lipinski definition) is 3. The molecule has 7 heteroatoms. The monoisotopic (exact) mass is 300 g/mol. The minimum Gasteiger partial charge on any atom is -0.395 e. The Morgan fingerprint density at radius 3 is 2.80 bits per heavy atom. The van der Waals surface area contributed by atoms with Crippen LogP contribution >= 0.6 is 11.8 Å². The van der Waals surface area contributed by atoms with E-state index in [2.05, 4.69) is 4.98 Å². The first-order chi connectivity index (χ1) is 9.47. The Balaban J connectivity index is 2.38. The summed E-state index contributed by atoms with van der Waals surface area (Å²) in [6, 6.07) is 0. The van der Waals surface area contributed by atoms with Crippen molar-refractivity contribution in [1.29, 1.82) is 0 Å². The Hall–Kier alpha value is -1.05. The molecule has 1 aliphatic rings. The van der Waals surface area contributed by atoms with Gasteiger partial charge < -0.3 is 10.2 Å². The van der Waals surface area contributed by atoms with Crippen LogP contribution in [-0.2, 0) is 0 Å². The molecule has 6 nitrogen and oxygen atoms in total. The van der Waals surface area contributed by atoms with Gasteiger partial charge in [0.15, 0.2) is 0 Å². The molecule has 2 heterocycles. The summed E-state index contributed by atoms with van der Waals surface area (Å²) in [5, 5.41) is 18.5. The second-order valence-corrected chi connectivity index (χ2v) is 6.60. The normalized spacial score (nSPS) is 27.7. The lowest BCUT2D eigenvalue weighted by Gasteiger charge is -2.16. The van der Waals surface area contributed by atoms with Crippen LogP contribution in [0.25, 0.3) is 0 Å². The van der Waals surface area contributed by atoms with E-state index in [0.29, 0.717) is 12.0 Å². The van der Waals surface area contributed by atoms with Gasteiger partial charge in [0.05, 0.1) is 23.3 Å². The van der Waals surface area contributed by atoms with Crippen LogP contribution in [0, 0.1) is 0 Å². The fraction of sp³-hybridized carbons (Fsp3) is 0.692. The third-order valence-electron chi connectivity index (χ3n) is 3.83. The molecule has 1 fully saturated rings. The van der Waals surface area contributed by atoms with Gasteiger partial charge in [-0.25, -0.2) is 4.79 Å². The van der Waals surface area contributed by atoms with Crippen LogP contribution < -0.4 is 11.2 Å².